The molecular weight excluding hydrogens is 1010 g/mol. The van der Waals surface area contributed by atoms with E-state index < -0.39 is 105 Å². The molecule has 0 bridgehead atoms. The molecule has 3 aromatic carbocycles. The van der Waals surface area contributed by atoms with Gasteiger partial charge < -0.3 is 15.3 Å². The molecule has 4 heterocycles. The Morgan fingerprint density at radius 3 is 0.410 bits per heavy atom. The normalized spacial score (nSPS) is 9.30. The summed E-state index contributed by atoms with van der Waals surface area (Å²) in [5.74, 6) is -40.7. The maximum absolute atomic E-state index is 12.1. The van der Waals surface area contributed by atoms with Crippen LogP contribution in [0.5, 0.6) is 17.2 Å². The van der Waals surface area contributed by atoms with E-state index in [-0.39, 0.29) is 37.3 Å². The predicted octanol–water partition coefficient (Wildman–Crippen LogP) is 8.69. The van der Waals surface area contributed by atoms with E-state index in [1.165, 1.54) is 0 Å². The van der Waals surface area contributed by atoms with Crippen LogP contribution in [-0.4, -0.2) is 19.9 Å². The summed E-state index contributed by atoms with van der Waals surface area (Å²) >= 11 is 0. The van der Waals surface area contributed by atoms with Crippen molar-refractivity contribution in [2.45, 2.75) is 0 Å². The third kappa shape index (κ3) is 17.9. The second-order valence-corrected chi connectivity index (χ2v) is 9.80. The molecule has 1 radical (unpaired) electrons. The van der Waals surface area contributed by atoms with E-state index in [2.05, 4.69) is 19.9 Å². The van der Waals surface area contributed by atoms with Crippen LogP contribution in [0, 0.1) is 125 Å². The molecule has 0 atom stereocenters. The summed E-state index contributed by atoms with van der Waals surface area (Å²) in [6.45, 7) is 0. The van der Waals surface area contributed by atoms with Gasteiger partial charge >= 0.3 is 37.3 Å². The predicted molar refractivity (Wildman–Crippen MR) is 174 cm³/mol. The summed E-state index contributed by atoms with van der Waals surface area (Å²) in [5, 5.41) is 30.5. The molecule has 0 saturated heterocycles. The topological polar surface area (TPSA) is 121 Å². The molecular formula is C38H20ErF15N4O3. The van der Waals surface area contributed by atoms with Gasteiger partial charge in [0.05, 0.1) is 0 Å². The maximum atomic E-state index is 12.1. The number of benzene rings is 3. The van der Waals surface area contributed by atoms with Gasteiger partial charge in [0, 0.05) is 49.6 Å². The maximum Gasteiger partial charge on any atom is 3.00 e. The summed E-state index contributed by atoms with van der Waals surface area (Å²) in [7, 11) is 0. The first-order chi connectivity index (χ1) is 28.4. The van der Waals surface area contributed by atoms with Crippen molar-refractivity contribution in [1.82, 2.24) is 19.9 Å². The number of nitrogens with zero attached hydrogens (tertiary/aromatic N) is 4. The second-order valence-electron chi connectivity index (χ2n) is 9.80. The monoisotopic (exact) mass is 1030 g/mol. The van der Waals surface area contributed by atoms with Crippen molar-refractivity contribution in [1.29, 1.82) is 0 Å². The first-order valence-corrected chi connectivity index (χ1v) is 15.3. The van der Waals surface area contributed by atoms with Crippen molar-refractivity contribution in [2.75, 3.05) is 0 Å². The molecule has 0 saturated carbocycles. The minimum Gasteiger partial charge on any atom is -0.868 e. The Hall–Kier alpha value is -6.14. The number of halogens is 15. The van der Waals surface area contributed by atoms with Crippen LogP contribution in [0.15, 0.2) is 122 Å². The van der Waals surface area contributed by atoms with E-state index in [1.807, 2.05) is 72.8 Å². The van der Waals surface area contributed by atoms with Crippen LogP contribution in [0.4, 0.5) is 65.9 Å². The van der Waals surface area contributed by atoms with Crippen LogP contribution in [0.1, 0.15) is 0 Å². The van der Waals surface area contributed by atoms with E-state index in [0.717, 1.165) is 0 Å². The Kier molecular flexibility index (Phi) is 26.2. The van der Waals surface area contributed by atoms with Crippen molar-refractivity contribution in [3.05, 3.63) is 210 Å². The van der Waals surface area contributed by atoms with Crippen LogP contribution in [0.2, 0.25) is 0 Å². The average Bonchev–Trinajstić information content (AvgIpc) is 3.31. The van der Waals surface area contributed by atoms with Crippen molar-refractivity contribution < 1.29 is 118 Å². The molecule has 0 unspecified atom stereocenters. The zero-order chi connectivity index (χ0) is 45.4. The fraction of sp³-hybridized carbons (Fsp3) is 0. The Bertz CT molecular complexity index is 1620. The minimum atomic E-state index is -2.33. The van der Waals surface area contributed by atoms with Gasteiger partial charge in [0.2, 0.25) is 0 Å². The number of aromatic nitrogens is 4. The molecule has 0 aliphatic carbocycles. The SMILES string of the molecule is [Er+3].[O-]c1c(F)c(F)c(F)c(F)c1F.[O-]c1c(F)c(F)c(F)c(F)c1F.[O-]c1c(F)c(F)c(F)c(F)c1F.c1ccncc1.c1ccncc1.c1ccncc1.c1ccncc1. The standard InChI is InChI=1S/3C6HF5O.4C5H5N.Er/c3*7-1-2(8)4(10)6(12)5(11)3(1)9;4*1-2-4-6-5-3-1;/h3*12H;4*1-5H;/q;;;;;;;+3/p-3. The molecule has 61 heavy (non-hydrogen) atoms. The van der Waals surface area contributed by atoms with Crippen LogP contribution < -0.4 is 15.3 Å². The first-order valence-electron chi connectivity index (χ1n) is 15.3. The number of hydrogen-bond acceptors (Lipinski definition) is 7. The van der Waals surface area contributed by atoms with Gasteiger partial charge in [0.1, 0.15) is 0 Å². The van der Waals surface area contributed by atoms with Gasteiger partial charge in [-0.3, -0.25) is 19.9 Å². The van der Waals surface area contributed by atoms with Gasteiger partial charge in [-0.25, -0.2) is 65.9 Å². The van der Waals surface area contributed by atoms with Gasteiger partial charge in [-0.05, 0) is 65.8 Å². The minimum absolute atomic E-state index is 0. The Morgan fingerprint density at radius 1 is 0.213 bits per heavy atom. The van der Waals surface area contributed by atoms with Gasteiger partial charge in [-0.15, -0.1) is 0 Å². The largest absolute Gasteiger partial charge is 3.00 e. The molecule has 0 amide bonds. The van der Waals surface area contributed by atoms with Crippen molar-refractivity contribution >= 4 is 0 Å². The van der Waals surface area contributed by atoms with Crippen molar-refractivity contribution in [2.24, 2.45) is 0 Å². The summed E-state index contributed by atoms with van der Waals surface area (Å²) in [4.78, 5) is 15.1. The van der Waals surface area contributed by atoms with Gasteiger partial charge in [-0.1, -0.05) is 24.3 Å². The smallest absolute Gasteiger partial charge is 0.868 e. The average molecular weight is 1030 g/mol. The van der Waals surface area contributed by atoms with Gasteiger partial charge in [-0.2, -0.15) is 0 Å². The van der Waals surface area contributed by atoms with Gasteiger partial charge in [0.25, 0.3) is 0 Å². The number of pyridine rings is 4. The molecule has 0 aliphatic heterocycles. The van der Waals surface area contributed by atoms with Gasteiger partial charge in [0.15, 0.2) is 87.3 Å². The van der Waals surface area contributed by atoms with Crippen LogP contribution in [0.25, 0.3) is 0 Å². The van der Waals surface area contributed by atoms with Crippen LogP contribution in [0.3, 0.4) is 0 Å². The van der Waals surface area contributed by atoms with E-state index in [1.54, 1.807) is 49.6 Å². The van der Waals surface area contributed by atoms with Crippen LogP contribution in [-0.2, 0) is 0 Å². The van der Waals surface area contributed by atoms with Crippen LogP contribution >= 0.6 is 0 Å². The molecule has 0 N–H and O–H groups in total. The van der Waals surface area contributed by atoms with Crippen molar-refractivity contribution in [3.8, 4) is 17.2 Å². The molecule has 0 spiro atoms. The molecule has 7 aromatic rings. The molecule has 4 aromatic heterocycles. The summed E-state index contributed by atoms with van der Waals surface area (Å²) in [6, 6.07) is 22.9. The Labute approximate surface area is 363 Å². The fourth-order valence-electron chi connectivity index (χ4n) is 3.00. The molecule has 7 rings (SSSR count). The Balaban J connectivity index is 0.000000703. The molecule has 7 nitrogen and oxygen atoms in total. The summed E-state index contributed by atoms with van der Waals surface area (Å²) < 4.78 is 181. The second kappa shape index (κ2) is 29.1. The number of rotatable bonds is 0. The molecule has 23 heteroatoms. The molecule has 0 fully saturated rings. The van der Waals surface area contributed by atoms with E-state index in [4.69, 9.17) is 0 Å². The number of hydrogen-bond donors (Lipinski definition) is 0. The summed E-state index contributed by atoms with van der Waals surface area (Å²) in [5.41, 5.74) is 0. The first kappa shape index (κ1) is 54.9. The zero-order valence-electron chi connectivity index (χ0n) is 29.5. The van der Waals surface area contributed by atoms with E-state index in [9.17, 15) is 81.2 Å². The molecule has 327 valence electrons. The quantitative estimate of drug-likeness (QED) is 0.0848. The third-order valence-electron chi connectivity index (χ3n) is 5.77. The zero-order valence-corrected chi connectivity index (χ0v) is 31.4. The summed E-state index contributed by atoms with van der Waals surface area (Å²) in [6.07, 6.45) is 14.0. The van der Waals surface area contributed by atoms with E-state index in [0.29, 0.717) is 0 Å². The Morgan fingerprint density at radius 2 is 0.328 bits per heavy atom. The fourth-order valence-corrected chi connectivity index (χ4v) is 3.00. The van der Waals surface area contributed by atoms with E-state index >= 15 is 0 Å². The molecule has 0 aliphatic rings. The van der Waals surface area contributed by atoms with Crippen molar-refractivity contribution in [3.63, 3.8) is 0 Å². The third-order valence-corrected chi connectivity index (χ3v) is 5.77.